The van der Waals surface area contributed by atoms with Gasteiger partial charge in [0, 0.05) is 0 Å². The number of ether oxygens (including phenoxy) is 2. The lowest BCUT2D eigenvalue weighted by atomic mass is 10.2. The monoisotopic (exact) mass is 371 g/mol. The molecule has 0 saturated heterocycles. The summed E-state index contributed by atoms with van der Waals surface area (Å²) < 4.78 is 58.3. The van der Waals surface area contributed by atoms with Crippen molar-refractivity contribution in [3.05, 3.63) is 59.9 Å². The average molecular weight is 371 g/mol. The first-order valence-electron chi connectivity index (χ1n) is 7.28. The fourth-order valence-electron chi connectivity index (χ4n) is 1.87. The van der Waals surface area contributed by atoms with Crippen LogP contribution in [-0.2, 0) is 9.53 Å². The number of anilines is 1. The summed E-state index contributed by atoms with van der Waals surface area (Å²) in [5, 5.41) is 2.27. The third-order valence-electron chi connectivity index (χ3n) is 3.11. The summed E-state index contributed by atoms with van der Waals surface area (Å²) >= 11 is 0. The van der Waals surface area contributed by atoms with Crippen LogP contribution in [0.25, 0.3) is 0 Å². The molecular formula is C17H13F4NO4. The highest BCUT2D eigenvalue weighted by Crippen LogP contribution is 2.23. The Morgan fingerprint density at radius 3 is 2.23 bits per heavy atom. The summed E-state index contributed by atoms with van der Waals surface area (Å²) in [5.74, 6) is -2.85. The number of alkyl halides is 3. The molecule has 1 N–H and O–H groups in total. The van der Waals surface area contributed by atoms with E-state index in [1.807, 2.05) is 0 Å². The van der Waals surface area contributed by atoms with Crippen LogP contribution in [-0.4, -0.2) is 24.3 Å². The second-order valence-corrected chi connectivity index (χ2v) is 5.09. The highest BCUT2D eigenvalue weighted by molar-refractivity contribution is 5.97. The molecule has 0 aliphatic rings. The van der Waals surface area contributed by atoms with Crippen molar-refractivity contribution in [1.29, 1.82) is 0 Å². The van der Waals surface area contributed by atoms with Crippen LogP contribution in [0.1, 0.15) is 17.3 Å². The van der Waals surface area contributed by atoms with Crippen LogP contribution in [0.15, 0.2) is 48.5 Å². The molecule has 26 heavy (non-hydrogen) atoms. The van der Waals surface area contributed by atoms with Crippen LogP contribution in [0.2, 0.25) is 0 Å². The number of amides is 1. The van der Waals surface area contributed by atoms with Crippen molar-refractivity contribution in [2.45, 2.75) is 19.4 Å². The van der Waals surface area contributed by atoms with Gasteiger partial charge in [-0.05, 0) is 43.3 Å². The standard InChI is InChI=1S/C17H13F4NO4/c1-10(15(23)22-14-5-3-2-4-13(14)18)25-16(24)11-6-8-12(9-7-11)26-17(19,20)21/h2-10H,1H3,(H,22,23). The molecule has 138 valence electrons. The minimum Gasteiger partial charge on any atom is -0.449 e. The Labute approximate surface area is 145 Å². The maximum atomic E-state index is 13.5. The van der Waals surface area contributed by atoms with Crippen LogP contribution in [0, 0.1) is 5.82 Å². The first kappa shape index (κ1) is 19.2. The third kappa shape index (κ3) is 5.47. The number of carbonyl (C=O) groups is 2. The number of hydrogen-bond acceptors (Lipinski definition) is 4. The van der Waals surface area contributed by atoms with Crippen LogP contribution < -0.4 is 10.1 Å². The third-order valence-corrected chi connectivity index (χ3v) is 3.11. The molecule has 1 unspecified atom stereocenters. The molecule has 0 aliphatic heterocycles. The van der Waals surface area contributed by atoms with E-state index in [1.54, 1.807) is 0 Å². The molecule has 0 aliphatic carbocycles. The van der Waals surface area contributed by atoms with Gasteiger partial charge in [-0.15, -0.1) is 13.2 Å². The van der Waals surface area contributed by atoms with E-state index < -0.39 is 35.9 Å². The Hall–Kier alpha value is -3.10. The second-order valence-electron chi connectivity index (χ2n) is 5.09. The summed E-state index contributed by atoms with van der Waals surface area (Å²) in [6.45, 7) is 1.27. The Balaban J connectivity index is 1.96. The summed E-state index contributed by atoms with van der Waals surface area (Å²) in [6.07, 6.45) is -6.10. The molecule has 2 aromatic carbocycles. The van der Waals surface area contributed by atoms with E-state index in [9.17, 15) is 27.2 Å². The van der Waals surface area contributed by atoms with Crippen LogP contribution in [0.4, 0.5) is 23.2 Å². The predicted octanol–water partition coefficient (Wildman–Crippen LogP) is 3.91. The van der Waals surface area contributed by atoms with Gasteiger partial charge in [0.05, 0.1) is 11.3 Å². The molecule has 0 heterocycles. The van der Waals surface area contributed by atoms with Gasteiger partial charge in [-0.25, -0.2) is 9.18 Å². The number of esters is 1. The van der Waals surface area contributed by atoms with Crippen LogP contribution in [0.5, 0.6) is 5.75 Å². The molecule has 0 aromatic heterocycles. The molecule has 5 nitrogen and oxygen atoms in total. The van der Waals surface area contributed by atoms with Gasteiger partial charge in [0.2, 0.25) is 0 Å². The van der Waals surface area contributed by atoms with Crippen LogP contribution in [0.3, 0.4) is 0 Å². The van der Waals surface area contributed by atoms with E-state index in [0.717, 1.165) is 30.3 Å². The SMILES string of the molecule is CC(OC(=O)c1ccc(OC(F)(F)F)cc1)C(=O)Nc1ccccc1F. The van der Waals surface area contributed by atoms with E-state index in [0.29, 0.717) is 0 Å². The minimum absolute atomic E-state index is 0.0750. The highest BCUT2D eigenvalue weighted by atomic mass is 19.4. The average Bonchev–Trinajstić information content (AvgIpc) is 2.56. The normalized spacial score (nSPS) is 12.2. The molecule has 0 fully saturated rings. The fraction of sp³-hybridized carbons (Fsp3) is 0.176. The van der Waals surface area contributed by atoms with Crippen molar-refractivity contribution in [2.24, 2.45) is 0 Å². The predicted molar refractivity (Wildman–Crippen MR) is 83.0 cm³/mol. The van der Waals surface area contributed by atoms with Crippen molar-refractivity contribution in [1.82, 2.24) is 0 Å². The van der Waals surface area contributed by atoms with Gasteiger partial charge >= 0.3 is 12.3 Å². The Morgan fingerprint density at radius 2 is 1.65 bits per heavy atom. The van der Waals surface area contributed by atoms with Gasteiger partial charge in [-0.1, -0.05) is 12.1 Å². The van der Waals surface area contributed by atoms with Gasteiger partial charge < -0.3 is 14.8 Å². The first-order valence-corrected chi connectivity index (χ1v) is 7.28. The fourth-order valence-corrected chi connectivity index (χ4v) is 1.87. The van der Waals surface area contributed by atoms with E-state index in [-0.39, 0.29) is 11.3 Å². The molecule has 0 spiro atoms. The molecule has 0 radical (unpaired) electrons. The molecule has 2 rings (SSSR count). The second kappa shape index (κ2) is 7.85. The Kier molecular flexibility index (Phi) is 5.81. The Bertz CT molecular complexity index is 790. The number of para-hydroxylation sites is 1. The summed E-state index contributed by atoms with van der Waals surface area (Å²) in [5.41, 5.74) is -0.154. The minimum atomic E-state index is -4.85. The topological polar surface area (TPSA) is 64.6 Å². The molecule has 0 bridgehead atoms. The molecule has 1 atom stereocenters. The van der Waals surface area contributed by atoms with Crippen LogP contribution >= 0.6 is 0 Å². The number of benzene rings is 2. The number of hydrogen-bond donors (Lipinski definition) is 1. The zero-order chi connectivity index (χ0) is 19.3. The first-order chi connectivity index (χ1) is 12.2. The van der Waals surface area contributed by atoms with Crippen molar-refractivity contribution in [3.63, 3.8) is 0 Å². The molecule has 2 aromatic rings. The molecule has 9 heteroatoms. The number of rotatable bonds is 5. The quantitative estimate of drug-likeness (QED) is 0.639. The van der Waals surface area contributed by atoms with Crippen molar-refractivity contribution in [2.75, 3.05) is 5.32 Å². The zero-order valence-electron chi connectivity index (χ0n) is 13.3. The van der Waals surface area contributed by atoms with Gasteiger partial charge in [-0.3, -0.25) is 4.79 Å². The van der Waals surface area contributed by atoms with Gasteiger partial charge in [0.15, 0.2) is 6.10 Å². The van der Waals surface area contributed by atoms with E-state index in [4.69, 9.17) is 4.74 Å². The summed E-state index contributed by atoms with van der Waals surface area (Å²) in [6, 6.07) is 9.44. The van der Waals surface area contributed by atoms with Gasteiger partial charge in [0.25, 0.3) is 5.91 Å². The summed E-state index contributed by atoms with van der Waals surface area (Å²) in [7, 11) is 0. The molecular weight excluding hydrogens is 358 g/mol. The molecule has 1 amide bonds. The Morgan fingerprint density at radius 1 is 1.04 bits per heavy atom. The maximum absolute atomic E-state index is 13.5. The number of carbonyl (C=O) groups excluding carboxylic acids is 2. The lowest BCUT2D eigenvalue weighted by Gasteiger charge is -2.14. The van der Waals surface area contributed by atoms with Crippen molar-refractivity contribution >= 4 is 17.6 Å². The number of nitrogens with one attached hydrogen (secondary N) is 1. The maximum Gasteiger partial charge on any atom is 0.573 e. The summed E-state index contributed by atoms with van der Waals surface area (Å²) in [4.78, 5) is 23.9. The van der Waals surface area contributed by atoms with Gasteiger partial charge in [0.1, 0.15) is 11.6 Å². The van der Waals surface area contributed by atoms with E-state index >= 15 is 0 Å². The lowest BCUT2D eigenvalue weighted by Crippen LogP contribution is -2.30. The van der Waals surface area contributed by atoms with Gasteiger partial charge in [-0.2, -0.15) is 0 Å². The molecule has 0 saturated carbocycles. The lowest BCUT2D eigenvalue weighted by molar-refractivity contribution is -0.274. The number of halogens is 4. The van der Waals surface area contributed by atoms with E-state index in [2.05, 4.69) is 10.1 Å². The smallest absolute Gasteiger partial charge is 0.449 e. The van der Waals surface area contributed by atoms with E-state index in [1.165, 1.54) is 25.1 Å². The van der Waals surface area contributed by atoms with Crippen molar-refractivity contribution in [3.8, 4) is 5.75 Å². The highest BCUT2D eigenvalue weighted by Gasteiger charge is 2.31. The van der Waals surface area contributed by atoms with Crippen molar-refractivity contribution < 1.29 is 36.6 Å². The zero-order valence-corrected chi connectivity index (χ0v) is 13.3. The largest absolute Gasteiger partial charge is 0.573 e.